The zero-order chi connectivity index (χ0) is 17.7. The maximum atomic E-state index is 12.0. The maximum Gasteiger partial charge on any atom is 0.313 e. The zero-order valence-corrected chi connectivity index (χ0v) is 13.9. The SMILES string of the molecule is COc1ccc(O)c([C@H](C)NC(=O)C(=O)Nc2ccc(Cl)cc2)c1. The molecule has 7 heteroatoms. The quantitative estimate of drug-likeness (QED) is 0.741. The van der Waals surface area contributed by atoms with Crippen LogP contribution < -0.4 is 15.4 Å². The number of benzene rings is 2. The number of methoxy groups -OCH3 is 1. The Balaban J connectivity index is 2.02. The molecule has 24 heavy (non-hydrogen) atoms. The first-order chi connectivity index (χ1) is 11.4. The molecule has 0 spiro atoms. The molecule has 0 radical (unpaired) electrons. The van der Waals surface area contributed by atoms with Crippen molar-refractivity contribution in [1.82, 2.24) is 5.32 Å². The van der Waals surface area contributed by atoms with Crippen molar-refractivity contribution in [1.29, 1.82) is 0 Å². The molecule has 0 bridgehead atoms. The Morgan fingerprint density at radius 3 is 2.42 bits per heavy atom. The molecular weight excluding hydrogens is 332 g/mol. The molecule has 2 aromatic carbocycles. The van der Waals surface area contributed by atoms with E-state index in [0.717, 1.165) is 0 Å². The van der Waals surface area contributed by atoms with Crippen LogP contribution in [0.2, 0.25) is 5.02 Å². The number of carbonyl (C=O) groups excluding carboxylic acids is 2. The number of hydrogen-bond acceptors (Lipinski definition) is 4. The highest BCUT2D eigenvalue weighted by Crippen LogP contribution is 2.28. The second-order valence-electron chi connectivity index (χ2n) is 5.08. The molecule has 0 unspecified atom stereocenters. The van der Waals surface area contributed by atoms with Crippen molar-refractivity contribution >= 4 is 29.1 Å². The summed E-state index contributed by atoms with van der Waals surface area (Å²) in [7, 11) is 1.50. The molecule has 0 heterocycles. The molecule has 0 aromatic heterocycles. The first kappa shape index (κ1) is 17.6. The van der Waals surface area contributed by atoms with Crippen LogP contribution in [0.4, 0.5) is 5.69 Å². The molecule has 126 valence electrons. The van der Waals surface area contributed by atoms with E-state index in [-0.39, 0.29) is 5.75 Å². The molecule has 0 fully saturated rings. The third kappa shape index (κ3) is 4.39. The highest BCUT2D eigenvalue weighted by Gasteiger charge is 2.19. The third-order valence-electron chi connectivity index (χ3n) is 3.36. The van der Waals surface area contributed by atoms with E-state index in [4.69, 9.17) is 16.3 Å². The van der Waals surface area contributed by atoms with Gasteiger partial charge in [0, 0.05) is 16.3 Å². The van der Waals surface area contributed by atoms with Gasteiger partial charge in [0.25, 0.3) is 0 Å². The average molecular weight is 349 g/mol. The third-order valence-corrected chi connectivity index (χ3v) is 3.61. The molecule has 3 N–H and O–H groups in total. The van der Waals surface area contributed by atoms with Gasteiger partial charge in [0.1, 0.15) is 11.5 Å². The van der Waals surface area contributed by atoms with Crippen LogP contribution in [0.25, 0.3) is 0 Å². The first-order valence-corrected chi connectivity index (χ1v) is 7.53. The topological polar surface area (TPSA) is 87.7 Å². The Kier molecular flexibility index (Phi) is 5.65. The summed E-state index contributed by atoms with van der Waals surface area (Å²) in [5.74, 6) is -1.09. The Labute approximate surface area is 144 Å². The monoisotopic (exact) mass is 348 g/mol. The van der Waals surface area contributed by atoms with E-state index in [9.17, 15) is 14.7 Å². The van der Waals surface area contributed by atoms with Crippen LogP contribution in [-0.4, -0.2) is 24.0 Å². The van der Waals surface area contributed by atoms with Gasteiger partial charge in [-0.25, -0.2) is 0 Å². The second kappa shape index (κ2) is 7.70. The van der Waals surface area contributed by atoms with E-state index in [1.165, 1.54) is 13.2 Å². The van der Waals surface area contributed by atoms with Crippen molar-refractivity contribution in [3.63, 3.8) is 0 Å². The summed E-state index contributed by atoms with van der Waals surface area (Å²) in [4.78, 5) is 23.9. The van der Waals surface area contributed by atoms with Crippen LogP contribution in [-0.2, 0) is 9.59 Å². The van der Waals surface area contributed by atoms with Gasteiger partial charge in [0.05, 0.1) is 13.2 Å². The average Bonchev–Trinajstić information content (AvgIpc) is 2.57. The lowest BCUT2D eigenvalue weighted by molar-refractivity contribution is -0.136. The number of ether oxygens (including phenoxy) is 1. The molecule has 1 atom stereocenters. The molecule has 0 saturated carbocycles. The van der Waals surface area contributed by atoms with E-state index in [0.29, 0.717) is 22.0 Å². The molecular formula is C17H17ClN2O4. The van der Waals surface area contributed by atoms with Crippen molar-refractivity contribution in [3.05, 3.63) is 53.1 Å². The van der Waals surface area contributed by atoms with Gasteiger partial charge in [-0.05, 0) is 49.4 Å². The Morgan fingerprint density at radius 2 is 1.79 bits per heavy atom. The van der Waals surface area contributed by atoms with Crippen LogP contribution >= 0.6 is 11.6 Å². The summed E-state index contributed by atoms with van der Waals surface area (Å²) < 4.78 is 5.09. The lowest BCUT2D eigenvalue weighted by Gasteiger charge is -2.16. The summed E-state index contributed by atoms with van der Waals surface area (Å²) in [6.07, 6.45) is 0. The second-order valence-corrected chi connectivity index (χ2v) is 5.52. The Hall–Kier alpha value is -2.73. The zero-order valence-electron chi connectivity index (χ0n) is 13.2. The van der Waals surface area contributed by atoms with Crippen molar-refractivity contribution in [2.75, 3.05) is 12.4 Å². The van der Waals surface area contributed by atoms with E-state index < -0.39 is 17.9 Å². The standard InChI is InChI=1S/C17H17ClN2O4/c1-10(14-9-13(24-2)7-8-15(14)21)19-16(22)17(23)20-12-5-3-11(18)4-6-12/h3-10,21H,1-2H3,(H,19,22)(H,20,23)/t10-/m0/s1. The summed E-state index contributed by atoms with van der Waals surface area (Å²) in [5.41, 5.74) is 0.901. The molecule has 6 nitrogen and oxygen atoms in total. The number of nitrogens with one attached hydrogen (secondary N) is 2. The number of anilines is 1. The van der Waals surface area contributed by atoms with Gasteiger partial charge >= 0.3 is 11.8 Å². The molecule has 0 aliphatic carbocycles. The molecule has 0 aliphatic rings. The molecule has 0 saturated heterocycles. The van der Waals surface area contributed by atoms with E-state index in [2.05, 4.69) is 10.6 Å². The highest BCUT2D eigenvalue weighted by atomic mass is 35.5. The van der Waals surface area contributed by atoms with Gasteiger partial charge in [-0.3, -0.25) is 9.59 Å². The normalized spacial score (nSPS) is 11.5. The number of aromatic hydroxyl groups is 1. The number of rotatable bonds is 4. The van der Waals surface area contributed by atoms with Crippen LogP contribution in [0.15, 0.2) is 42.5 Å². The smallest absolute Gasteiger partial charge is 0.313 e. The van der Waals surface area contributed by atoms with E-state index in [1.54, 1.807) is 43.3 Å². The van der Waals surface area contributed by atoms with Crippen molar-refractivity contribution < 1.29 is 19.4 Å². The highest BCUT2D eigenvalue weighted by molar-refractivity contribution is 6.39. The molecule has 2 aromatic rings. The lowest BCUT2D eigenvalue weighted by atomic mass is 10.1. The summed E-state index contributed by atoms with van der Waals surface area (Å²) in [6.45, 7) is 1.65. The Bertz CT molecular complexity index is 747. The van der Waals surface area contributed by atoms with Crippen LogP contribution in [0.3, 0.4) is 0 Å². The predicted molar refractivity (Wildman–Crippen MR) is 91.3 cm³/mol. The minimum Gasteiger partial charge on any atom is -0.508 e. The summed E-state index contributed by atoms with van der Waals surface area (Å²) >= 11 is 5.76. The maximum absolute atomic E-state index is 12.0. The molecule has 2 rings (SSSR count). The molecule has 2 amide bonds. The van der Waals surface area contributed by atoms with Crippen LogP contribution in [0.5, 0.6) is 11.5 Å². The van der Waals surface area contributed by atoms with Gasteiger partial charge in [-0.1, -0.05) is 11.6 Å². The lowest BCUT2D eigenvalue weighted by Crippen LogP contribution is -2.36. The van der Waals surface area contributed by atoms with E-state index in [1.807, 2.05) is 0 Å². The number of amides is 2. The van der Waals surface area contributed by atoms with Gasteiger partial charge < -0.3 is 20.5 Å². The number of hydrogen-bond donors (Lipinski definition) is 3. The summed E-state index contributed by atoms with van der Waals surface area (Å²) in [5, 5.41) is 15.4. The molecule has 0 aliphatic heterocycles. The van der Waals surface area contributed by atoms with Crippen LogP contribution in [0, 0.1) is 0 Å². The number of phenols is 1. The Morgan fingerprint density at radius 1 is 1.12 bits per heavy atom. The van der Waals surface area contributed by atoms with Gasteiger partial charge in [0.2, 0.25) is 0 Å². The fourth-order valence-electron chi connectivity index (χ4n) is 2.07. The predicted octanol–water partition coefficient (Wildman–Crippen LogP) is 2.87. The minimum atomic E-state index is -0.820. The van der Waals surface area contributed by atoms with E-state index >= 15 is 0 Å². The fraction of sp³-hybridized carbons (Fsp3) is 0.176. The van der Waals surface area contributed by atoms with Gasteiger partial charge in [-0.2, -0.15) is 0 Å². The first-order valence-electron chi connectivity index (χ1n) is 7.15. The van der Waals surface area contributed by atoms with Gasteiger partial charge in [-0.15, -0.1) is 0 Å². The van der Waals surface area contributed by atoms with Crippen molar-refractivity contribution in [2.45, 2.75) is 13.0 Å². The number of phenolic OH excluding ortho intramolecular Hbond substituents is 1. The van der Waals surface area contributed by atoms with Crippen molar-refractivity contribution in [3.8, 4) is 11.5 Å². The fourth-order valence-corrected chi connectivity index (χ4v) is 2.19. The van der Waals surface area contributed by atoms with Gasteiger partial charge in [0.15, 0.2) is 0 Å². The van der Waals surface area contributed by atoms with Crippen LogP contribution in [0.1, 0.15) is 18.5 Å². The minimum absolute atomic E-state index is 0.00158. The van der Waals surface area contributed by atoms with Crippen molar-refractivity contribution in [2.24, 2.45) is 0 Å². The summed E-state index contributed by atoms with van der Waals surface area (Å²) in [6, 6.07) is 10.5. The number of carbonyl (C=O) groups is 2. The number of halogens is 1. The largest absolute Gasteiger partial charge is 0.508 e.